The van der Waals surface area contributed by atoms with Gasteiger partial charge in [-0.25, -0.2) is 4.79 Å². The summed E-state index contributed by atoms with van der Waals surface area (Å²) in [7, 11) is 0. The van der Waals surface area contributed by atoms with Crippen molar-refractivity contribution in [2.75, 3.05) is 13.2 Å². The molecule has 2 aliphatic rings. The minimum Gasteiger partial charge on any atom is -0.493 e. The van der Waals surface area contributed by atoms with Crippen LogP contribution in [0.5, 0.6) is 5.75 Å². The number of nitrogens with zero attached hydrogens (tertiary/aromatic N) is 3. The van der Waals surface area contributed by atoms with Crippen LogP contribution >= 0.6 is 0 Å². The van der Waals surface area contributed by atoms with Crippen LogP contribution in [0.2, 0.25) is 0 Å². The molecule has 7 heteroatoms. The minimum absolute atomic E-state index is 0.344. The fourth-order valence-corrected chi connectivity index (χ4v) is 6.29. The van der Waals surface area contributed by atoms with E-state index in [4.69, 9.17) is 14.6 Å². The molecule has 0 amide bonds. The Bertz CT molecular complexity index is 1800. The van der Waals surface area contributed by atoms with Crippen molar-refractivity contribution < 1.29 is 19.4 Å². The molecule has 0 unspecified atom stereocenters. The Morgan fingerprint density at radius 3 is 2.71 bits per heavy atom. The molecule has 1 aliphatic heterocycles. The highest BCUT2D eigenvalue weighted by atomic mass is 16.5. The van der Waals surface area contributed by atoms with E-state index in [1.807, 2.05) is 47.1 Å². The highest BCUT2D eigenvalue weighted by Gasteiger charge is 2.31. The number of carboxylic acids is 1. The standard InChI is InChI=1S/C34H33N3O4/c1-22-31-28-13-7-12-26-27(14-8-20-41-30-15-6-10-23-9-2-3-11-25(23)30)33(34(38)39)36(32(26)28)18-4-5-19-40-21-29(31)35-37(22)24-16-17-24/h2-7,9-13,15,24H,8,14,16-21H2,1H3,(H,38,39)/b5-4-. The Balaban J connectivity index is 1.29. The molecule has 7 nitrogen and oxygen atoms in total. The molecule has 3 heterocycles. The molecule has 0 saturated heterocycles. The average Bonchev–Trinajstić information content (AvgIpc) is 3.70. The number of allylic oxidation sites excluding steroid dienone is 1. The summed E-state index contributed by atoms with van der Waals surface area (Å²) >= 11 is 0. The van der Waals surface area contributed by atoms with Gasteiger partial charge < -0.3 is 19.1 Å². The molecule has 0 atom stereocenters. The number of para-hydroxylation sites is 1. The third-order valence-corrected chi connectivity index (χ3v) is 8.26. The van der Waals surface area contributed by atoms with Crippen LogP contribution in [0.1, 0.15) is 52.7 Å². The van der Waals surface area contributed by atoms with Gasteiger partial charge in [-0.15, -0.1) is 0 Å². The highest BCUT2D eigenvalue weighted by Crippen LogP contribution is 2.42. The molecule has 1 fully saturated rings. The van der Waals surface area contributed by atoms with Crippen molar-refractivity contribution in [3.63, 3.8) is 0 Å². The molecule has 1 saturated carbocycles. The van der Waals surface area contributed by atoms with Crippen molar-refractivity contribution in [3.8, 4) is 16.9 Å². The van der Waals surface area contributed by atoms with Gasteiger partial charge in [-0.1, -0.05) is 66.7 Å². The smallest absolute Gasteiger partial charge is 0.352 e. The number of carbonyl (C=O) groups is 1. The van der Waals surface area contributed by atoms with Gasteiger partial charge in [-0.2, -0.15) is 5.10 Å². The molecular weight excluding hydrogens is 514 g/mol. The van der Waals surface area contributed by atoms with E-state index in [0.717, 1.165) is 68.3 Å². The van der Waals surface area contributed by atoms with E-state index >= 15 is 0 Å². The van der Waals surface area contributed by atoms with E-state index in [-0.39, 0.29) is 0 Å². The summed E-state index contributed by atoms with van der Waals surface area (Å²) in [6.07, 6.45) is 7.53. The summed E-state index contributed by atoms with van der Waals surface area (Å²) in [6, 6.07) is 20.9. The first-order valence-corrected chi connectivity index (χ1v) is 14.4. The Hall–Kier alpha value is -4.36. The molecular formula is C34H33N3O4. The number of rotatable bonds is 7. The van der Waals surface area contributed by atoms with E-state index in [0.29, 0.717) is 50.9 Å². The molecule has 1 aliphatic carbocycles. The van der Waals surface area contributed by atoms with Crippen molar-refractivity contribution >= 4 is 27.6 Å². The Morgan fingerprint density at radius 1 is 1.05 bits per heavy atom. The van der Waals surface area contributed by atoms with Crippen molar-refractivity contribution in [2.24, 2.45) is 0 Å². The van der Waals surface area contributed by atoms with Gasteiger partial charge in [-0.3, -0.25) is 4.68 Å². The lowest BCUT2D eigenvalue weighted by Crippen LogP contribution is -2.11. The van der Waals surface area contributed by atoms with Gasteiger partial charge in [0.1, 0.15) is 11.4 Å². The fourth-order valence-electron chi connectivity index (χ4n) is 6.29. The van der Waals surface area contributed by atoms with Crippen molar-refractivity contribution in [3.05, 3.63) is 95.5 Å². The molecule has 41 heavy (non-hydrogen) atoms. The van der Waals surface area contributed by atoms with Crippen LogP contribution in [0.25, 0.3) is 32.8 Å². The lowest BCUT2D eigenvalue weighted by Gasteiger charge is -2.11. The maximum absolute atomic E-state index is 12.8. The first-order valence-electron chi connectivity index (χ1n) is 14.4. The molecule has 208 valence electrons. The first kappa shape index (κ1) is 25.6. The Labute approximate surface area is 238 Å². The predicted octanol–water partition coefficient (Wildman–Crippen LogP) is 7.10. The van der Waals surface area contributed by atoms with Gasteiger partial charge in [-0.05, 0) is 49.6 Å². The topological polar surface area (TPSA) is 78.5 Å². The maximum atomic E-state index is 12.8. The number of carboxylic acid groups (broad SMARTS) is 1. The van der Waals surface area contributed by atoms with Crippen LogP contribution in [-0.4, -0.2) is 38.6 Å². The minimum atomic E-state index is -0.915. The van der Waals surface area contributed by atoms with Crippen LogP contribution in [0.15, 0.2) is 72.8 Å². The molecule has 1 N–H and O–H groups in total. The second-order valence-corrected chi connectivity index (χ2v) is 10.9. The Morgan fingerprint density at radius 2 is 1.85 bits per heavy atom. The summed E-state index contributed by atoms with van der Waals surface area (Å²) in [5.41, 5.74) is 6.24. The van der Waals surface area contributed by atoms with Crippen LogP contribution in [0.3, 0.4) is 0 Å². The van der Waals surface area contributed by atoms with Crippen molar-refractivity contribution in [1.29, 1.82) is 0 Å². The fraction of sp³-hybridized carbons (Fsp3) is 0.294. The number of hydrogen-bond acceptors (Lipinski definition) is 4. The quantitative estimate of drug-likeness (QED) is 0.174. The van der Waals surface area contributed by atoms with Gasteiger partial charge in [0.15, 0.2) is 0 Å². The van der Waals surface area contributed by atoms with Gasteiger partial charge >= 0.3 is 5.97 Å². The highest BCUT2D eigenvalue weighted by molar-refractivity contribution is 6.04. The molecule has 0 spiro atoms. The van der Waals surface area contributed by atoms with Gasteiger partial charge in [0, 0.05) is 34.1 Å². The zero-order valence-corrected chi connectivity index (χ0v) is 23.2. The number of ether oxygens (including phenoxy) is 2. The summed E-state index contributed by atoms with van der Waals surface area (Å²) < 4.78 is 16.3. The van der Waals surface area contributed by atoms with Crippen LogP contribution in [-0.2, 0) is 24.3 Å². The maximum Gasteiger partial charge on any atom is 0.352 e. The molecule has 5 aromatic rings. The van der Waals surface area contributed by atoms with E-state index in [9.17, 15) is 9.90 Å². The first-order chi connectivity index (χ1) is 20.1. The van der Waals surface area contributed by atoms with Gasteiger partial charge in [0.2, 0.25) is 0 Å². The monoisotopic (exact) mass is 547 g/mol. The van der Waals surface area contributed by atoms with Gasteiger partial charge in [0.25, 0.3) is 0 Å². The Kier molecular flexibility index (Phi) is 6.59. The second-order valence-electron chi connectivity index (χ2n) is 10.9. The third kappa shape index (κ3) is 4.60. The summed E-state index contributed by atoms with van der Waals surface area (Å²) in [5, 5.41) is 18.7. The van der Waals surface area contributed by atoms with E-state index in [1.165, 1.54) is 0 Å². The number of aryl methyl sites for hydroxylation is 1. The summed E-state index contributed by atoms with van der Waals surface area (Å²) in [5.74, 6) is -0.0639. The van der Waals surface area contributed by atoms with Crippen LogP contribution in [0, 0.1) is 6.92 Å². The third-order valence-electron chi connectivity index (χ3n) is 8.26. The normalized spacial score (nSPS) is 15.9. The lowest BCUT2D eigenvalue weighted by molar-refractivity contribution is 0.0685. The zero-order valence-electron chi connectivity index (χ0n) is 23.2. The molecule has 0 bridgehead atoms. The second kappa shape index (κ2) is 10.6. The molecule has 3 aromatic carbocycles. The van der Waals surface area contributed by atoms with E-state index in [1.54, 1.807) is 0 Å². The van der Waals surface area contributed by atoms with Gasteiger partial charge in [0.05, 0.1) is 37.1 Å². The SMILES string of the molecule is Cc1c2c(nn1C1CC1)COC/C=C\Cn1c(C(=O)O)c(CCCOc3cccc4ccccc34)c3cccc-2c31. The lowest BCUT2D eigenvalue weighted by atomic mass is 9.98. The molecule has 2 aromatic heterocycles. The number of fused-ring (bicyclic) bond motifs is 3. The van der Waals surface area contributed by atoms with Crippen molar-refractivity contribution in [1.82, 2.24) is 14.3 Å². The predicted molar refractivity (Wildman–Crippen MR) is 160 cm³/mol. The summed E-state index contributed by atoms with van der Waals surface area (Å²) in [4.78, 5) is 12.8. The summed E-state index contributed by atoms with van der Waals surface area (Å²) in [6.45, 7) is 3.94. The van der Waals surface area contributed by atoms with E-state index < -0.39 is 5.97 Å². The largest absolute Gasteiger partial charge is 0.493 e. The van der Waals surface area contributed by atoms with E-state index in [2.05, 4.69) is 41.9 Å². The number of hydrogen-bond donors (Lipinski definition) is 1. The average molecular weight is 548 g/mol. The number of benzene rings is 3. The number of aromatic carboxylic acids is 1. The zero-order chi connectivity index (χ0) is 27.9. The molecule has 0 radical (unpaired) electrons. The van der Waals surface area contributed by atoms with Crippen molar-refractivity contribution in [2.45, 2.75) is 51.8 Å². The van der Waals surface area contributed by atoms with Crippen LogP contribution in [0.4, 0.5) is 0 Å². The van der Waals surface area contributed by atoms with Crippen LogP contribution < -0.4 is 4.74 Å². The number of aromatic nitrogens is 3. The molecule has 7 rings (SSSR count).